The first-order chi connectivity index (χ1) is 30.8. The summed E-state index contributed by atoms with van der Waals surface area (Å²) >= 11 is 0. The van der Waals surface area contributed by atoms with Gasteiger partial charge in [0, 0.05) is 122 Å². The Bertz CT molecular complexity index is 2440. The number of nitrogens with zero attached hydrogens (tertiary/aromatic N) is 9. The summed E-state index contributed by atoms with van der Waals surface area (Å²) in [4.78, 5) is 68.2. The molecule has 3 amide bonds. The number of carbonyl (C=O) groups excluding carboxylic acids is 3. The monoisotopic (exact) mass is 896 g/mol. The van der Waals surface area contributed by atoms with E-state index in [1.54, 1.807) is 33.2 Å². The van der Waals surface area contributed by atoms with E-state index in [1.165, 1.54) is 13.2 Å². The SMILES string of the molecule is COP(=O)(CCC(=O)N1CCN(Cc2ccc3c(c2)CN(C(=O)c2cc(C(C)C)c(O)cc2O)C3)CC1)CCC(=O)N1CCc2c(nc(-c3cnc(N)nc3)nc2N2CCOCC2)C1. The maximum atomic E-state index is 13.9. The van der Waals surface area contributed by atoms with E-state index in [0.717, 1.165) is 33.8 Å². The van der Waals surface area contributed by atoms with Gasteiger partial charge in [-0.05, 0) is 40.7 Å². The molecular weight excluding hydrogens is 840 g/mol. The first-order valence-electron chi connectivity index (χ1n) is 22.0. The van der Waals surface area contributed by atoms with Gasteiger partial charge >= 0.3 is 0 Å². The molecule has 2 saturated heterocycles. The second-order valence-corrected chi connectivity index (χ2v) is 20.1. The number of aromatic nitrogens is 4. The van der Waals surface area contributed by atoms with Crippen LogP contribution in [0.25, 0.3) is 11.4 Å². The Balaban J connectivity index is 0.806. The summed E-state index contributed by atoms with van der Waals surface area (Å²) in [5.41, 5.74) is 12.1. The number of aromatic hydroxyl groups is 2. The maximum absolute atomic E-state index is 13.9. The number of fused-ring (bicyclic) bond motifs is 2. The third kappa shape index (κ3) is 9.99. The molecule has 8 rings (SSSR count). The largest absolute Gasteiger partial charge is 0.508 e. The van der Waals surface area contributed by atoms with Gasteiger partial charge < -0.3 is 44.8 Å². The van der Waals surface area contributed by atoms with Gasteiger partial charge in [-0.1, -0.05) is 32.0 Å². The van der Waals surface area contributed by atoms with E-state index in [1.807, 2.05) is 19.9 Å². The van der Waals surface area contributed by atoms with E-state index in [4.69, 9.17) is 25.0 Å². The Hall–Kier alpha value is -5.68. The average molecular weight is 897 g/mol. The first kappa shape index (κ1) is 44.9. The Labute approximate surface area is 372 Å². The highest BCUT2D eigenvalue weighted by Crippen LogP contribution is 2.47. The lowest BCUT2D eigenvalue weighted by molar-refractivity contribution is -0.132. The van der Waals surface area contributed by atoms with Crippen molar-refractivity contribution in [2.75, 3.05) is 89.1 Å². The quantitative estimate of drug-likeness (QED) is 0.162. The number of carbonyl (C=O) groups is 3. The Morgan fingerprint density at radius 3 is 2.20 bits per heavy atom. The molecule has 0 bridgehead atoms. The van der Waals surface area contributed by atoms with Crippen molar-refractivity contribution in [2.45, 2.75) is 65.2 Å². The predicted molar refractivity (Wildman–Crippen MR) is 239 cm³/mol. The molecule has 2 aromatic carbocycles. The van der Waals surface area contributed by atoms with Crippen LogP contribution in [0.4, 0.5) is 11.8 Å². The number of piperazine rings is 1. The van der Waals surface area contributed by atoms with Gasteiger partial charge in [-0.3, -0.25) is 23.8 Å². The highest BCUT2D eigenvalue weighted by molar-refractivity contribution is 7.59. The summed E-state index contributed by atoms with van der Waals surface area (Å²) < 4.78 is 25.0. The van der Waals surface area contributed by atoms with Crippen molar-refractivity contribution in [3.05, 3.63) is 81.8 Å². The van der Waals surface area contributed by atoms with E-state index in [2.05, 4.69) is 31.9 Å². The summed E-state index contributed by atoms with van der Waals surface area (Å²) in [6.07, 6.45) is 3.92. The molecule has 6 heterocycles. The molecule has 0 spiro atoms. The number of hydrogen-bond donors (Lipinski definition) is 3. The summed E-state index contributed by atoms with van der Waals surface area (Å²) in [6.45, 7) is 11.1. The molecule has 2 fully saturated rings. The Kier molecular flexibility index (Phi) is 13.5. The lowest BCUT2D eigenvalue weighted by Crippen LogP contribution is -2.48. The minimum Gasteiger partial charge on any atom is -0.508 e. The number of hydrogen-bond acceptors (Lipinski definition) is 15. The fourth-order valence-corrected chi connectivity index (χ4v) is 10.5. The number of nitrogens with two attached hydrogens (primary N) is 1. The number of amides is 3. The van der Waals surface area contributed by atoms with E-state index in [0.29, 0.717) is 102 Å². The summed E-state index contributed by atoms with van der Waals surface area (Å²) in [7, 11) is -1.90. The molecule has 4 aliphatic heterocycles. The number of anilines is 2. The number of phenolic OH excluding ortho intramolecular Hbond substituents is 2. The zero-order valence-corrected chi connectivity index (χ0v) is 37.6. The van der Waals surface area contributed by atoms with Gasteiger partial charge in [0.2, 0.25) is 25.1 Å². The minimum atomic E-state index is -3.28. The van der Waals surface area contributed by atoms with Gasteiger partial charge in [-0.25, -0.2) is 19.9 Å². The van der Waals surface area contributed by atoms with Crippen LogP contribution < -0.4 is 10.6 Å². The Morgan fingerprint density at radius 2 is 1.52 bits per heavy atom. The molecule has 1 unspecified atom stereocenters. The molecule has 2 aromatic heterocycles. The molecule has 0 saturated carbocycles. The molecule has 64 heavy (non-hydrogen) atoms. The molecule has 0 radical (unpaired) electrons. The van der Waals surface area contributed by atoms with Gasteiger partial charge in [-0.15, -0.1) is 0 Å². The van der Waals surface area contributed by atoms with Crippen molar-refractivity contribution < 1.29 is 38.4 Å². The van der Waals surface area contributed by atoms with Crippen LogP contribution in [0.3, 0.4) is 0 Å². The van der Waals surface area contributed by atoms with Crippen molar-refractivity contribution in [1.82, 2.24) is 39.5 Å². The van der Waals surface area contributed by atoms with E-state index < -0.39 is 7.37 Å². The number of ether oxygens (including phenoxy) is 1. The topological polar surface area (TPSA) is 221 Å². The van der Waals surface area contributed by atoms with Crippen LogP contribution in [0, 0.1) is 0 Å². The van der Waals surface area contributed by atoms with Gasteiger partial charge in [0.1, 0.15) is 17.3 Å². The number of morpholine rings is 1. The third-order valence-electron chi connectivity index (χ3n) is 12.7. The van der Waals surface area contributed by atoms with E-state index >= 15 is 0 Å². The van der Waals surface area contributed by atoms with Gasteiger partial charge in [0.25, 0.3) is 5.91 Å². The highest BCUT2D eigenvalue weighted by Gasteiger charge is 2.32. The smallest absolute Gasteiger partial charge is 0.258 e. The van der Waals surface area contributed by atoms with Crippen molar-refractivity contribution in [3.63, 3.8) is 0 Å². The zero-order chi connectivity index (χ0) is 45.1. The third-order valence-corrected chi connectivity index (χ3v) is 15.2. The fourth-order valence-electron chi connectivity index (χ4n) is 8.89. The lowest BCUT2D eigenvalue weighted by Gasteiger charge is -2.35. The summed E-state index contributed by atoms with van der Waals surface area (Å²) in [5, 5.41) is 20.7. The second-order valence-electron chi connectivity index (χ2n) is 17.2. The molecule has 0 aliphatic carbocycles. The molecule has 4 N–H and O–H groups in total. The normalized spacial score (nSPS) is 17.6. The average Bonchev–Trinajstić information content (AvgIpc) is 3.73. The maximum Gasteiger partial charge on any atom is 0.258 e. The number of nitrogen functional groups attached to an aromatic ring is 1. The van der Waals surface area contributed by atoms with Gasteiger partial charge in [0.05, 0.1) is 36.6 Å². The standard InChI is InChI=1S/C45H57N10O8P/c1-29(2)35-21-36(39(57)22-38(35)56)44(60)55-26-31-5-4-30(20-32(31)27-55)25-51-10-12-52(13-11-51)40(58)7-18-64(61,62-3)19-8-41(59)54-9-6-34-37(28-54)49-42(33-23-47-45(46)48-24-33)50-43(34)53-14-16-63-17-15-53/h4-5,20-24,29,56-57H,6-19,25-28H2,1-3H3,(H2,46,47,48). The van der Waals surface area contributed by atoms with Crippen molar-refractivity contribution in [1.29, 1.82) is 0 Å². The molecule has 18 nitrogen and oxygen atoms in total. The predicted octanol–water partition coefficient (Wildman–Crippen LogP) is 3.98. The van der Waals surface area contributed by atoms with Crippen LogP contribution in [0.15, 0.2) is 42.7 Å². The van der Waals surface area contributed by atoms with Crippen LogP contribution in [-0.2, 0) is 56.0 Å². The molecule has 4 aromatic rings. The van der Waals surface area contributed by atoms with E-state index in [9.17, 15) is 29.2 Å². The molecule has 19 heteroatoms. The van der Waals surface area contributed by atoms with Crippen LogP contribution in [0.1, 0.15) is 76.5 Å². The molecule has 4 aliphatic rings. The fraction of sp³-hybridized carbons (Fsp3) is 0.489. The van der Waals surface area contributed by atoms with Crippen LogP contribution in [-0.4, -0.2) is 146 Å². The van der Waals surface area contributed by atoms with Crippen LogP contribution in [0.2, 0.25) is 0 Å². The van der Waals surface area contributed by atoms with Gasteiger partial charge in [0.15, 0.2) is 5.82 Å². The summed E-state index contributed by atoms with van der Waals surface area (Å²) in [6, 6.07) is 9.07. The highest BCUT2D eigenvalue weighted by atomic mass is 31.2. The van der Waals surface area contributed by atoms with Crippen LogP contribution >= 0.6 is 7.37 Å². The summed E-state index contributed by atoms with van der Waals surface area (Å²) in [5.74, 6) is 0.614. The first-order valence-corrected chi connectivity index (χ1v) is 23.9. The number of phenols is 2. The van der Waals surface area contributed by atoms with Gasteiger partial charge in [-0.2, -0.15) is 0 Å². The molecule has 1 atom stereocenters. The molecular formula is C45H57N10O8P. The van der Waals surface area contributed by atoms with Crippen molar-refractivity contribution in [2.24, 2.45) is 0 Å². The van der Waals surface area contributed by atoms with Crippen LogP contribution in [0.5, 0.6) is 11.5 Å². The van der Waals surface area contributed by atoms with E-state index in [-0.39, 0.29) is 78.4 Å². The van der Waals surface area contributed by atoms with Crippen molar-refractivity contribution in [3.8, 4) is 22.9 Å². The molecule has 340 valence electrons. The minimum absolute atomic E-state index is 0.0122. The number of rotatable bonds is 13. The second kappa shape index (κ2) is 19.2. The zero-order valence-electron chi connectivity index (χ0n) is 36.7. The lowest BCUT2D eigenvalue weighted by atomic mass is 9.98. The number of benzene rings is 2. The van der Waals surface area contributed by atoms with Crippen molar-refractivity contribution >= 4 is 36.9 Å². The Morgan fingerprint density at radius 1 is 0.828 bits per heavy atom.